The molecule has 0 N–H and O–H groups in total. The van der Waals surface area contributed by atoms with E-state index in [1.54, 1.807) is 0 Å². The third kappa shape index (κ3) is 5.75. The van der Waals surface area contributed by atoms with Gasteiger partial charge in [0.05, 0.1) is 0 Å². The van der Waals surface area contributed by atoms with Crippen LogP contribution in [-0.4, -0.2) is 13.9 Å². The molecule has 0 saturated heterocycles. The number of hydrogen-bond acceptors (Lipinski definition) is 1. The van der Waals surface area contributed by atoms with Gasteiger partial charge in [0, 0.05) is 17.5 Å². The van der Waals surface area contributed by atoms with Gasteiger partial charge in [0.1, 0.15) is 8.07 Å². The zero-order valence-electron chi connectivity index (χ0n) is 14.1. The molecular formula is C18H28OSi. The lowest BCUT2D eigenvalue weighted by atomic mass is 10.1. The van der Waals surface area contributed by atoms with Crippen molar-refractivity contribution in [3.8, 4) is 11.5 Å². The third-order valence-electron chi connectivity index (χ3n) is 2.61. The van der Waals surface area contributed by atoms with Crippen LogP contribution in [0.15, 0.2) is 18.2 Å². The maximum Gasteiger partial charge on any atom is 0.163 e. The molecule has 2 heteroatoms. The fourth-order valence-electron chi connectivity index (χ4n) is 1.77. The van der Waals surface area contributed by atoms with E-state index in [9.17, 15) is 4.79 Å². The van der Waals surface area contributed by atoms with Crippen molar-refractivity contribution in [3.63, 3.8) is 0 Å². The van der Waals surface area contributed by atoms with E-state index in [-0.39, 0.29) is 5.78 Å². The minimum atomic E-state index is -1.33. The second kappa shape index (κ2) is 8.76. The van der Waals surface area contributed by atoms with Gasteiger partial charge in [-0.15, -0.1) is 5.54 Å². The smallest absolute Gasteiger partial charge is 0.163 e. The van der Waals surface area contributed by atoms with Crippen LogP contribution in [0.25, 0.3) is 0 Å². The van der Waals surface area contributed by atoms with Crippen LogP contribution in [0.1, 0.15) is 55.6 Å². The van der Waals surface area contributed by atoms with Gasteiger partial charge in [-0.25, -0.2) is 0 Å². The lowest BCUT2D eigenvalue weighted by molar-refractivity contribution is 0.0994. The molecule has 0 heterocycles. The van der Waals surface area contributed by atoms with Crippen LogP contribution in [0.2, 0.25) is 19.6 Å². The van der Waals surface area contributed by atoms with Crippen molar-refractivity contribution in [2.45, 2.75) is 60.2 Å². The average Bonchev–Trinajstić information content (AvgIpc) is 2.82. The Bertz CT molecular complexity index is 498. The van der Waals surface area contributed by atoms with Crippen molar-refractivity contribution in [3.05, 3.63) is 34.9 Å². The molecule has 0 radical (unpaired) electrons. The third-order valence-corrected chi connectivity index (χ3v) is 3.49. The maximum absolute atomic E-state index is 11.6. The number of benzene rings is 1. The fourth-order valence-corrected chi connectivity index (χ4v) is 2.29. The fraction of sp³-hybridized carbons (Fsp3) is 0.500. The van der Waals surface area contributed by atoms with Gasteiger partial charge in [0.25, 0.3) is 0 Å². The molecule has 0 spiro atoms. The van der Waals surface area contributed by atoms with Gasteiger partial charge in [0.2, 0.25) is 0 Å². The summed E-state index contributed by atoms with van der Waals surface area (Å²) >= 11 is 0. The van der Waals surface area contributed by atoms with Crippen LogP contribution >= 0.6 is 0 Å². The monoisotopic (exact) mass is 288 g/mol. The zero-order valence-corrected chi connectivity index (χ0v) is 15.1. The number of aryl methyl sites for hydroxylation is 1. The van der Waals surface area contributed by atoms with Crippen LogP contribution < -0.4 is 0 Å². The van der Waals surface area contributed by atoms with Crippen LogP contribution in [0.5, 0.6) is 0 Å². The number of hydrogen-bond donors (Lipinski definition) is 0. The Hall–Kier alpha value is -1.33. The zero-order chi connectivity index (χ0) is 15.8. The Kier molecular flexibility index (Phi) is 8.18. The van der Waals surface area contributed by atoms with E-state index >= 15 is 0 Å². The molecule has 20 heavy (non-hydrogen) atoms. The molecule has 0 saturated carbocycles. The number of carbonyl (C=O) groups excluding carboxylic acids is 1. The molecule has 0 bridgehead atoms. The van der Waals surface area contributed by atoms with Crippen molar-refractivity contribution in [1.29, 1.82) is 0 Å². The molecular weight excluding hydrogens is 260 g/mol. The average molecular weight is 289 g/mol. The Morgan fingerprint density at radius 3 is 2.15 bits per heavy atom. The van der Waals surface area contributed by atoms with E-state index in [1.807, 2.05) is 39.8 Å². The van der Waals surface area contributed by atoms with Gasteiger partial charge in [0.15, 0.2) is 5.78 Å². The highest BCUT2D eigenvalue weighted by molar-refractivity contribution is 6.83. The lowest BCUT2D eigenvalue weighted by Gasteiger charge is -2.03. The maximum atomic E-state index is 11.6. The Morgan fingerprint density at radius 2 is 1.60 bits per heavy atom. The molecule has 1 nitrogen and oxygen atoms in total. The predicted octanol–water partition coefficient (Wildman–Crippen LogP) is 5.10. The lowest BCUT2D eigenvalue weighted by Crippen LogP contribution is -2.16. The summed E-state index contributed by atoms with van der Waals surface area (Å²) in [6, 6.07) is 6.04. The first-order valence-electron chi connectivity index (χ1n) is 7.65. The van der Waals surface area contributed by atoms with E-state index < -0.39 is 8.07 Å². The number of ketones is 1. The van der Waals surface area contributed by atoms with Crippen LogP contribution in [0.3, 0.4) is 0 Å². The van der Waals surface area contributed by atoms with Gasteiger partial charge >= 0.3 is 0 Å². The standard InChI is InChI=1S/C14H16OSi.2C2H6/c1-16(2,3)9-8-11-4-5-12-6-7-14(15)13(12)10-11;2*1-2/h4-5,10H,6-7H2,1-3H3;2*1-2H3. The van der Waals surface area contributed by atoms with Crippen molar-refractivity contribution in [2.24, 2.45) is 0 Å². The van der Waals surface area contributed by atoms with E-state index in [0.717, 1.165) is 17.5 Å². The largest absolute Gasteiger partial charge is 0.294 e. The highest BCUT2D eigenvalue weighted by atomic mass is 28.3. The summed E-state index contributed by atoms with van der Waals surface area (Å²) in [5, 5.41) is 0. The second-order valence-corrected chi connectivity index (χ2v) is 10.0. The molecule has 1 aromatic carbocycles. The summed E-state index contributed by atoms with van der Waals surface area (Å²) in [4.78, 5) is 11.6. The molecule has 2 rings (SSSR count). The quantitative estimate of drug-likeness (QED) is 0.479. The number of carbonyl (C=O) groups is 1. The van der Waals surface area contributed by atoms with E-state index in [4.69, 9.17) is 0 Å². The van der Waals surface area contributed by atoms with Crippen LogP contribution in [0, 0.1) is 11.5 Å². The van der Waals surface area contributed by atoms with Gasteiger partial charge < -0.3 is 0 Å². The van der Waals surface area contributed by atoms with E-state index in [0.29, 0.717) is 6.42 Å². The molecule has 0 amide bonds. The van der Waals surface area contributed by atoms with Crippen molar-refractivity contribution in [1.82, 2.24) is 0 Å². The molecule has 1 aliphatic carbocycles. The summed E-state index contributed by atoms with van der Waals surface area (Å²) in [7, 11) is -1.33. The SMILES string of the molecule is CC.CC.C[Si](C)(C)C#Cc1ccc2c(c1)C(=O)CC2. The minimum Gasteiger partial charge on any atom is -0.294 e. The molecule has 1 aliphatic rings. The van der Waals surface area contributed by atoms with Gasteiger partial charge in [-0.1, -0.05) is 59.3 Å². The topological polar surface area (TPSA) is 17.1 Å². The normalized spacial score (nSPS) is 12.1. The summed E-state index contributed by atoms with van der Waals surface area (Å²) in [6.45, 7) is 14.7. The molecule has 0 fully saturated rings. The molecule has 0 aliphatic heterocycles. The Morgan fingerprint density at radius 1 is 1.00 bits per heavy atom. The Labute approximate surface area is 125 Å². The van der Waals surface area contributed by atoms with Crippen molar-refractivity contribution < 1.29 is 4.79 Å². The molecule has 1 aromatic rings. The number of rotatable bonds is 0. The molecule has 0 unspecified atom stereocenters. The first kappa shape index (κ1) is 18.7. The van der Waals surface area contributed by atoms with Gasteiger partial charge in [-0.3, -0.25) is 4.79 Å². The number of Topliss-reactive ketones (excluding diaryl/α,β-unsaturated/α-hetero) is 1. The highest BCUT2D eigenvalue weighted by Gasteiger charge is 2.18. The first-order valence-corrected chi connectivity index (χ1v) is 11.1. The van der Waals surface area contributed by atoms with E-state index in [1.165, 1.54) is 5.56 Å². The number of fused-ring (bicyclic) bond motifs is 1. The Balaban J connectivity index is 0.000000829. The summed E-state index contributed by atoms with van der Waals surface area (Å²) in [5.74, 6) is 3.46. The second-order valence-electron chi connectivity index (χ2n) is 5.30. The van der Waals surface area contributed by atoms with Gasteiger partial charge in [-0.05, 0) is 24.1 Å². The van der Waals surface area contributed by atoms with E-state index in [2.05, 4.69) is 37.2 Å². The molecule has 0 atom stereocenters. The summed E-state index contributed by atoms with van der Waals surface area (Å²) in [6.07, 6.45) is 1.57. The minimum absolute atomic E-state index is 0.270. The first-order chi connectivity index (χ1) is 9.46. The van der Waals surface area contributed by atoms with Crippen molar-refractivity contribution >= 4 is 13.9 Å². The van der Waals surface area contributed by atoms with Gasteiger partial charge in [-0.2, -0.15) is 0 Å². The van der Waals surface area contributed by atoms with Crippen LogP contribution in [0.4, 0.5) is 0 Å². The predicted molar refractivity (Wildman–Crippen MR) is 92.0 cm³/mol. The van der Waals surface area contributed by atoms with Crippen LogP contribution in [-0.2, 0) is 6.42 Å². The molecule has 110 valence electrons. The molecule has 0 aromatic heterocycles. The van der Waals surface area contributed by atoms with Crippen molar-refractivity contribution in [2.75, 3.05) is 0 Å². The summed E-state index contributed by atoms with van der Waals surface area (Å²) in [5.41, 5.74) is 6.38. The summed E-state index contributed by atoms with van der Waals surface area (Å²) < 4.78 is 0. The highest BCUT2D eigenvalue weighted by Crippen LogP contribution is 2.22.